The van der Waals surface area contributed by atoms with Gasteiger partial charge in [-0.15, -0.1) is 0 Å². The predicted octanol–water partition coefficient (Wildman–Crippen LogP) is 3.12. The van der Waals surface area contributed by atoms with Crippen LogP contribution >= 0.6 is 15.9 Å². The smallest absolute Gasteiger partial charge is 0.165 e. The van der Waals surface area contributed by atoms with Crippen molar-refractivity contribution in [1.29, 1.82) is 0 Å². The van der Waals surface area contributed by atoms with E-state index in [0.29, 0.717) is 17.7 Å². The first-order valence-corrected chi connectivity index (χ1v) is 4.88. The van der Waals surface area contributed by atoms with Crippen molar-refractivity contribution < 1.29 is 9.13 Å². The molecule has 0 aliphatic carbocycles. The fourth-order valence-electron chi connectivity index (χ4n) is 0.965. The number of alkyl halides is 1. The molecule has 12 heavy (non-hydrogen) atoms. The minimum absolute atomic E-state index is 0.297. The molecule has 0 heterocycles. The van der Waals surface area contributed by atoms with E-state index in [-0.39, 0.29) is 5.82 Å². The van der Waals surface area contributed by atoms with E-state index in [1.807, 2.05) is 13.0 Å². The molecular formula is C9H10BrFO. The van der Waals surface area contributed by atoms with Crippen LogP contribution in [0.15, 0.2) is 18.2 Å². The Labute approximate surface area is 79.7 Å². The van der Waals surface area contributed by atoms with E-state index in [1.54, 1.807) is 6.07 Å². The molecule has 0 saturated heterocycles. The second kappa shape index (κ2) is 4.45. The molecule has 1 nitrogen and oxygen atoms in total. The Hall–Kier alpha value is -0.570. The molecule has 0 amide bonds. The standard InChI is InChI=1S/C9H10BrFO/c1-2-12-9-7(6-10)4-3-5-8(9)11/h3-5H,2,6H2,1H3. The maximum absolute atomic E-state index is 13.1. The third-order valence-electron chi connectivity index (χ3n) is 1.48. The van der Waals surface area contributed by atoms with Crippen molar-refractivity contribution in [3.8, 4) is 5.75 Å². The second-order valence-electron chi connectivity index (χ2n) is 2.29. The van der Waals surface area contributed by atoms with Gasteiger partial charge in [0.1, 0.15) is 0 Å². The number of halogens is 2. The Kier molecular flexibility index (Phi) is 3.53. The molecule has 0 atom stereocenters. The molecule has 0 saturated carbocycles. The molecule has 66 valence electrons. The van der Waals surface area contributed by atoms with Gasteiger partial charge in [-0.2, -0.15) is 0 Å². The highest BCUT2D eigenvalue weighted by molar-refractivity contribution is 9.08. The molecule has 0 fully saturated rings. The lowest BCUT2D eigenvalue weighted by Crippen LogP contribution is -1.97. The summed E-state index contributed by atoms with van der Waals surface area (Å²) in [4.78, 5) is 0. The molecule has 1 aromatic rings. The van der Waals surface area contributed by atoms with Crippen LogP contribution in [0.5, 0.6) is 5.75 Å². The summed E-state index contributed by atoms with van der Waals surface area (Å²) in [5.74, 6) is 0.0608. The van der Waals surface area contributed by atoms with Gasteiger partial charge in [0.25, 0.3) is 0 Å². The van der Waals surface area contributed by atoms with Gasteiger partial charge >= 0.3 is 0 Å². The summed E-state index contributed by atoms with van der Waals surface area (Å²) in [6, 6.07) is 4.91. The number of ether oxygens (including phenoxy) is 1. The highest BCUT2D eigenvalue weighted by Gasteiger charge is 2.06. The molecule has 0 spiro atoms. The maximum atomic E-state index is 13.1. The average molecular weight is 233 g/mol. The summed E-state index contributed by atoms with van der Waals surface area (Å²) >= 11 is 3.27. The topological polar surface area (TPSA) is 9.23 Å². The molecule has 0 aromatic heterocycles. The average Bonchev–Trinajstić information content (AvgIpc) is 2.09. The van der Waals surface area contributed by atoms with E-state index in [1.165, 1.54) is 6.07 Å². The molecule has 0 aliphatic heterocycles. The van der Waals surface area contributed by atoms with Crippen molar-refractivity contribution in [3.05, 3.63) is 29.6 Å². The number of hydrogen-bond donors (Lipinski definition) is 0. The molecular weight excluding hydrogens is 223 g/mol. The lowest BCUT2D eigenvalue weighted by atomic mass is 10.2. The molecule has 0 bridgehead atoms. The minimum Gasteiger partial charge on any atom is -0.490 e. The van der Waals surface area contributed by atoms with Gasteiger partial charge in [-0.3, -0.25) is 0 Å². The number of para-hydroxylation sites is 1. The van der Waals surface area contributed by atoms with Crippen LogP contribution in [0.2, 0.25) is 0 Å². The van der Waals surface area contributed by atoms with Gasteiger partial charge < -0.3 is 4.74 Å². The van der Waals surface area contributed by atoms with Crippen LogP contribution in [0, 0.1) is 5.82 Å². The van der Waals surface area contributed by atoms with Gasteiger partial charge in [-0.05, 0) is 13.0 Å². The zero-order valence-corrected chi connectivity index (χ0v) is 8.40. The molecule has 3 heteroatoms. The summed E-state index contributed by atoms with van der Waals surface area (Å²) in [7, 11) is 0. The zero-order chi connectivity index (χ0) is 8.97. The van der Waals surface area contributed by atoms with Crippen molar-refractivity contribution in [2.45, 2.75) is 12.3 Å². The summed E-state index contributed by atoms with van der Waals surface area (Å²) in [6.45, 7) is 2.32. The van der Waals surface area contributed by atoms with Crippen LogP contribution in [-0.2, 0) is 5.33 Å². The largest absolute Gasteiger partial charge is 0.490 e. The van der Waals surface area contributed by atoms with Crippen molar-refractivity contribution in [1.82, 2.24) is 0 Å². The third-order valence-corrected chi connectivity index (χ3v) is 2.09. The second-order valence-corrected chi connectivity index (χ2v) is 2.86. The van der Waals surface area contributed by atoms with Crippen LogP contribution in [0.4, 0.5) is 4.39 Å². The molecule has 0 unspecified atom stereocenters. The van der Waals surface area contributed by atoms with Crippen molar-refractivity contribution in [3.63, 3.8) is 0 Å². The minimum atomic E-state index is -0.297. The van der Waals surface area contributed by atoms with Gasteiger partial charge in [-0.1, -0.05) is 28.1 Å². The van der Waals surface area contributed by atoms with Gasteiger partial charge in [0.2, 0.25) is 0 Å². The van der Waals surface area contributed by atoms with Crippen molar-refractivity contribution >= 4 is 15.9 Å². The van der Waals surface area contributed by atoms with Gasteiger partial charge in [0, 0.05) is 10.9 Å². The normalized spacial score (nSPS) is 9.92. The summed E-state index contributed by atoms with van der Waals surface area (Å²) in [5, 5.41) is 0.611. The highest BCUT2D eigenvalue weighted by atomic mass is 79.9. The quantitative estimate of drug-likeness (QED) is 0.729. The van der Waals surface area contributed by atoms with E-state index < -0.39 is 0 Å². The van der Waals surface area contributed by atoms with E-state index in [0.717, 1.165) is 5.56 Å². The fraction of sp³-hybridized carbons (Fsp3) is 0.333. The molecule has 1 rings (SSSR count). The van der Waals surface area contributed by atoms with E-state index in [4.69, 9.17) is 4.74 Å². The summed E-state index contributed by atoms with van der Waals surface area (Å²) in [5.41, 5.74) is 0.844. The number of hydrogen-bond acceptors (Lipinski definition) is 1. The monoisotopic (exact) mass is 232 g/mol. The van der Waals surface area contributed by atoms with Crippen molar-refractivity contribution in [2.75, 3.05) is 6.61 Å². The lowest BCUT2D eigenvalue weighted by Gasteiger charge is -2.08. The predicted molar refractivity (Wildman–Crippen MR) is 50.2 cm³/mol. The van der Waals surface area contributed by atoms with Crippen LogP contribution in [0.3, 0.4) is 0 Å². The first-order valence-electron chi connectivity index (χ1n) is 3.75. The van der Waals surface area contributed by atoms with Crippen LogP contribution < -0.4 is 4.74 Å². The lowest BCUT2D eigenvalue weighted by molar-refractivity contribution is 0.319. The first kappa shape index (κ1) is 9.52. The van der Waals surface area contributed by atoms with E-state index >= 15 is 0 Å². The zero-order valence-electron chi connectivity index (χ0n) is 6.81. The Balaban J connectivity index is 3.02. The number of rotatable bonds is 3. The van der Waals surface area contributed by atoms with Gasteiger partial charge in [0.05, 0.1) is 6.61 Å². The fourth-order valence-corrected chi connectivity index (χ4v) is 1.41. The van der Waals surface area contributed by atoms with Crippen LogP contribution in [0.25, 0.3) is 0 Å². The van der Waals surface area contributed by atoms with Crippen LogP contribution in [0.1, 0.15) is 12.5 Å². The van der Waals surface area contributed by atoms with Crippen molar-refractivity contribution in [2.24, 2.45) is 0 Å². The Morgan fingerprint density at radius 3 is 2.83 bits per heavy atom. The maximum Gasteiger partial charge on any atom is 0.165 e. The molecule has 0 radical (unpaired) electrons. The third kappa shape index (κ3) is 1.97. The van der Waals surface area contributed by atoms with E-state index in [9.17, 15) is 4.39 Å². The van der Waals surface area contributed by atoms with E-state index in [2.05, 4.69) is 15.9 Å². The summed E-state index contributed by atoms with van der Waals surface area (Å²) in [6.07, 6.45) is 0. The van der Waals surface area contributed by atoms with Gasteiger partial charge in [-0.25, -0.2) is 4.39 Å². The summed E-state index contributed by atoms with van der Waals surface area (Å²) < 4.78 is 18.2. The van der Waals surface area contributed by atoms with Crippen LogP contribution in [-0.4, -0.2) is 6.61 Å². The Bertz CT molecular complexity index is 263. The molecule has 1 aromatic carbocycles. The first-order chi connectivity index (χ1) is 5.79. The number of benzene rings is 1. The molecule has 0 aliphatic rings. The SMILES string of the molecule is CCOc1c(F)cccc1CBr. The Morgan fingerprint density at radius 1 is 1.50 bits per heavy atom. The Morgan fingerprint density at radius 2 is 2.25 bits per heavy atom. The van der Waals surface area contributed by atoms with Gasteiger partial charge in [0.15, 0.2) is 11.6 Å². The molecule has 0 N–H and O–H groups in total. The highest BCUT2D eigenvalue weighted by Crippen LogP contribution is 2.24.